The van der Waals surface area contributed by atoms with Crippen molar-refractivity contribution in [1.82, 2.24) is 14.5 Å². The maximum atomic E-state index is 11.9. The summed E-state index contributed by atoms with van der Waals surface area (Å²) in [6.45, 7) is 9.04. The Labute approximate surface area is 137 Å². The summed E-state index contributed by atoms with van der Waals surface area (Å²) in [4.78, 5) is 18.2. The van der Waals surface area contributed by atoms with Crippen LogP contribution in [0.4, 0.5) is 0 Å². The third-order valence-corrected chi connectivity index (χ3v) is 4.20. The molecule has 0 radical (unpaired) electrons. The topological polar surface area (TPSA) is 58.4 Å². The molecular weight excluding hydrogens is 290 g/mol. The van der Waals surface area contributed by atoms with E-state index in [1.165, 1.54) is 11.6 Å². The number of aryl methyl sites for hydroxylation is 1. The van der Waals surface area contributed by atoms with Crippen LogP contribution >= 0.6 is 0 Å². The van der Waals surface area contributed by atoms with Gasteiger partial charge in [0.05, 0.1) is 5.69 Å². The first kappa shape index (κ1) is 17.2. The van der Waals surface area contributed by atoms with E-state index < -0.39 is 0 Å². The normalized spacial score (nSPS) is 11.1. The fourth-order valence-corrected chi connectivity index (χ4v) is 2.82. The largest absolute Gasteiger partial charge is 0.503 e. The van der Waals surface area contributed by atoms with Crippen molar-refractivity contribution in [3.8, 4) is 5.75 Å². The number of pyridine rings is 2. The number of hydrogen-bond acceptors (Lipinski definition) is 4. The van der Waals surface area contributed by atoms with Gasteiger partial charge in [0.1, 0.15) is 0 Å². The van der Waals surface area contributed by atoms with Crippen LogP contribution < -0.4 is 5.43 Å². The van der Waals surface area contributed by atoms with Gasteiger partial charge in [-0.15, -0.1) is 0 Å². The SMILES string of the molecule is CCN(CCc1ccncc1)Cc1c(O)c(=O)cc(C)n1CC. The van der Waals surface area contributed by atoms with Crippen molar-refractivity contribution in [1.29, 1.82) is 0 Å². The molecule has 0 fully saturated rings. The summed E-state index contributed by atoms with van der Waals surface area (Å²) in [6, 6.07) is 5.52. The Hall–Kier alpha value is -2.14. The minimum Gasteiger partial charge on any atom is -0.503 e. The highest BCUT2D eigenvalue weighted by molar-refractivity contribution is 5.29. The Bertz CT molecular complexity index is 695. The number of hydrogen-bond donors (Lipinski definition) is 1. The van der Waals surface area contributed by atoms with Crippen LogP contribution in [0.15, 0.2) is 35.4 Å². The molecule has 0 unspecified atom stereocenters. The Morgan fingerprint density at radius 1 is 1.26 bits per heavy atom. The number of likely N-dealkylation sites (N-methyl/N-ethyl adjacent to an activating group) is 1. The van der Waals surface area contributed by atoms with Gasteiger partial charge in [-0.25, -0.2) is 0 Å². The third-order valence-electron chi connectivity index (χ3n) is 4.20. The second-order valence-corrected chi connectivity index (χ2v) is 5.66. The number of aromatic nitrogens is 2. The van der Waals surface area contributed by atoms with E-state index in [1.54, 1.807) is 12.4 Å². The van der Waals surface area contributed by atoms with E-state index in [0.717, 1.165) is 31.7 Å². The van der Waals surface area contributed by atoms with Crippen molar-refractivity contribution in [2.24, 2.45) is 0 Å². The smallest absolute Gasteiger partial charge is 0.223 e. The third kappa shape index (κ3) is 4.20. The molecule has 5 heteroatoms. The lowest BCUT2D eigenvalue weighted by Gasteiger charge is -2.24. The van der Waals surface area contributed by atoms with Crippen molar-refractivity contribution in [2.75, 3.05) is 13.1 Å². The highest BCUT2D eigenvalue weighted by atomic mass is 16.3. The van der Waals surface area contributed by atoms with Gasteiger partial charge in [0, 0.05) is 43.8 Å². The second-order valence-electron chi connectivity index (χ2n) is 5.66. The summed E-state index contributed by atoms with van der Waals surface area (Å²) < 4.78 is 2.01. The lowest BCUT2D eigenvalue weighted by molar-refractivity contribution is 0.268. The fourth-order valence-electron chi connectivity index (χ4n) is 2.82. The van der Waals surface area contributed by atoms with Crippen molar-refractivity contribution in [3.63, 3.8) is 0 Å². The van der Waals surface area contributed by atoms with Crippen LogP contribution in [0.3, 0.4) is 0 Å². The quantitative estimate of drug-likeness (QED) is 0.852. The average molecular weight is 315 g/mol. The molecule has 0 aliphatic rings. The number of aromatic hydroxyl groups is 1. The minimum absolute atomic E-state index is 0.125. The minimum atomic E-state index is -0.299. The van der Waals surface area contributed by atoms with Gasteiger partial charge in [0.25, 0.3) is 0 Å². The lowest BCUT2D eigenvalue weighted by Crippen LogP contribution is -2.29. The van der Waals surface area contributed by atoms with E-state index >= 15 is 0 Å². The molecule has 0 saturated heterocycles. The van der Waals surface area contributed by atoms with Crippen LogP contribution in [0.25, 0.3) is 0 Å². The zero-order chi connectivity index (χ0) is 16.8. The van der Waals surface area contributed by atoms with E-state index in [-0.39, 0.29) is 11.2 Å². The zero-order valence-electron chi connectivity index (χ0n) is 14.1. The van der Waals surface area contributed by atoms with Crippen LogP contribution in [0.1, 0.15) is 30.8 Å². The monoisotopic (exact) mass is 315 g/mol. The fraction of sp³-hybridized carbons (Fsp3) is 0.444. The van der Waals surface area contributed by atoms with E-state index in [2.05, 4.69) is 16.8 Å². The Morgan fingerprint density at radius 2 is 1.96 bits per heavy atom. The summed E-state index contributed by atoms with van der Waals surface area (Å²) in [5.74, 6) is -0.125. The summed E-state index contributed by atoms with van der Waals surface area (Å²) >= 11 is 0. The van der Waals surface area contributed by atoms with Crippen molar-refractivity contribution in [3.05, 3.63) is 57.8 Å². The lowest BCUT2D eigenvalue weighted by atomic mass is 10.2. The van der Waals surface area contributed by atoms with Crippen molar-refractivity contribution in [2.45, 2.75) is 40.3 Å². The van der Waals surface area contributed by atoms with Crippen molar-refractivity contribution >= 4 is 0 Å². The predicted octanol–water partition coefficient (Wildman–Crippen LogP) is 2.34. The first-order valence-electron chi connectivity index (χ1n) is 8.10. The van der Waals surface area contributed by atoms with Gasteiger partial charge in [0.15, 0.2) is 5.75 Å². The van der Waals surface area contributed by atoms with E-state index in [9.17, 15) is 9.90 Å². The van der Waals surface area contributed by atoms with E-state index in [1.807, 2.05) is 30.5 Å². The average Bonchev–Trinajstić information content (AvgIpc) is 2.56. The molecule has 1 N–H and O–H groups in total. The first-order chi connectivity index (χ1) is 11.1. The summed E-state index contributed by atoms with van der Waals surface area (Å²) in [7, 11) is 0. The van der Waals surface area contributed by atoms with Gasteiger partial charge in [-0.3, -0.25) is 14.7 Å². The van der Waals surface area contributed by atoms with Crippen LogP contribution in [0.5, 0.6) is 5.75 Å². The highest BCUT2D eigenvalue weighted by Crippen LogP contribution is 2.17. The Balaban J connectivity index is 2.17. The molecule has 0 saturated carbocycles. The molecule has 0 aliphatic heterocycles. The molecule has 23 heavy (non-hydrogen) atoms. The summed E-state index contributed by atoms with van der Waals surface area (Å²) in [5.41, 5.74) is 2.52. The van der Waals surface area contributed by atoms with Crippen molar-refractivity contribution < 1.29 is 5.11 Å². The van der Waals surface area contributed by atoms with Crippen LogP contribution in [0, 0.1) is 6.92 Å². The molecule has 0 atom stereocenters. The zero-order valence-corrected chi connectivity index (χ0v) is 14.1. The van der Waals surface area contributed by atoms with E-state index in [0.29, 0.717) is 12.2 Å². The van der Waals surface area contributed by atoms with Crippen LogP contribution in [0.2, 0.25) is 0 Å². The molecule has 124 valence electrons. The number of nitrogens with zero attached hydrogens (tertiary/aromatic N) is 3. The molecular formula is C18H25N3O2. The molecule has 0 spiro atoms. The Morgan fingerprint density at radius 3 is 2.57 bits per heavy atom. The molecule has 0 amide bonds. The van der Waals surface area contributed by atoms with Gasteiger partial charge in [-0.05, 0) is 44.5 Å². The molecule has 2 aromatic rings. The van der Waals surface area contributed by atoms with Gasteiger partial charge < -0.3 is 9.67 Å². The number of rotatable bonds is 7. The molecule has 0 aromatic carbocycles. The summed E-state index contributed by atoms with van der Waals surface area (Å²) in [6.07, 6.45) is 4.51. The van der Waals surface area contributed by atoms with E-state index in [4.69, 9.17) is 0 Å². The molecule has 2 rings (SSSR count). The molecule has 2 aromatic heterocycles. The van der Waals surface area contributed by atoms with Crippen LogP contribution in [-0.4, -0.2) is 32.6 Å². The maximum absolute atomic E-state index is 11.9. The first-order valence-corrected chi connectivity index (χ1v) is 8.10. The molecule has 0 aliphatic carbocycles. The Kier molecular flexibility index (Phi) is 5.93. The molecule has 2 heterocycles. The molecule has 0 bridgehead atoms. The summed E-state index contributed by atoms with van der Waals surface area (Å²) in [5, 5.41) is 10.2. The highest BCUT2D eigenvalue weighted by Gasteiger charge is 2.15. The molecule has 5 nitrogen and oxygen atoms in total. The second kappa shape index (κ2) is 7.92. The van der Waals surface area contributed by atoms with Gasteiger partial charge in [-0.1, -0.05) is 6.92 Å². The maximum Gasteiger partial charge on any atom is 0.223 e. The van der Waals surface area contributed by atoms with Crippen LogP contribution in [-0.2, 0) is 19.5 Å². The van der Waals surface area contributed by atoms with Gasteiger partial charge >= 0.3 is 0 Å². The predicted molar refractivity (Wildman–Crippen MR) is 91.7 cm³/mol. The van der Waals surface area contributed by atoms with Gasteiger partial charge in [-0.2, -0.15) is 0 Å². The van der Waals surface area contributed by atoms with Gasteiger partial charge in [0.2, 0.25) is 5.43 Å². The standard InChI is InChI=1S/C18H25N3O2/c1-4-20(11-8-15-6-9-19-10-7-15)13-16-18(23)17(22)12-14(3)21(16)5-2/h6-7,9-10,12,23H,4-5,8,11,13H2,1-3H3.